The van der Waals surface area contributed by atoms with Crippen molar-refractivity contribution in [3.05, 3.63) is 59.2 Å². The van der Waals surface area contributed by atoms with Crippen LogP contribution in [0, 0.1) is 23.0 Å². The van der Waals surface area contributed by atoms with Crippen LogP contribution < -0.4 is 10.6 Å². The summed E-state index contributed by atoms with van der Waals surface area (Å²) in [6.45, 7) is 0. The summed E-state index contributed by atoms with van der Waals surface area (Å²) in [4.78, 5) is 13.5. The van der Waals surface area contributed by atoms with E-state index in [1.165, 1.54) is 11.9 Å². The Morgan fingerprint density at radius 1 is 1.24 bits per heavy atom. The van der Waals surface area contributed by atoms with Crippen LogP contribution in [0.15, 0.2) is 36.4 Å². The van der Waals surface area contributed by atoms with Crippen molar-refractivity contribution in [1.82, 2.24) is 0 Å². The van der Waals surface area contributed by atoms with Crippen LogP contribution in [0.4, 0.5) is 20.2 Å². The van der Waals surface area contributed by atoms with Crippen molar-refractivity contribution >= 4 is 17.3 Å². The number of nitrogens with zero attached hydrogens (tertiary/aromatic N) is 2. The third-order valence-electron chi connectivity index (χ3n) is 3.01. The molecule has 1 amide bonds. The Morgan fingerprint density at radius 3 is 2.52 bits per heavy atom. The number of halogens is 2. The van der Waals surface area contributed by atoms with E-state index in [1.807, 2.05) is 6.07 Å². The highest BCUT2D eigenvalue weighted by Crippen LogP contribution is 2.23. The molecule has 0 saturated heterocycles. The first-order valence-corrected chi connectivity index (χ1v) is 5.97. The molecule has 0 aliphatic rings. The number of benzene rings is 2. The van der Waals surface area contributed by atoms with Gasteiger partial charge in [-0.05, 0) is 18.2 Å². The van der Waals surface area contributed by atoms with Gasteiger partial charge < -0.3 is 10.6 Å². The minimum atomic E-state index is -1.16. The molecule has 0 aliphatic heterocycles. The van der Waals surface area contributed by atoms with E-state index >= 15 is 0 Å². The van der Waals surface area contributed by atoms with Gasteiger partial charge in [-0.1, -0.05) is 12.1 Å². The van der Waals surface area contributed by atoms with Crippen molar-refractivity contribution < 1.29 is 13.6 Å². The first-order valence-electron chi connectivity index (χ1n) is 5.97. The summed E-state index contributed by atoms with van der Waals surface area (Å²) in [5.74, 6) is -2.91. The van der Waals surface area contributed by atoms with Gasteiger partial charge in [-0.3, -0.25) is 4.79 Å². The fraction of sp³-hybridized carbons (Fsp3) is 0.0667. The van der Waals surface area contributed by atoms with Crippen LogP contribution in [0.1, 0.15) is 15.9 Å². The standard InChI is InChI=1S/C15H11F2N3O/c1-20(14-5-3-2-4-9(14)8-18)15(21)10-6-11(16)12(17)7-13(10)19/h2-7H,19H2,1H3. The molecule has 0 spiro atoms. The van der Waals surface area contributed by atoms with Gasteiger partial charge in [-0.15, -0.1) is 0 Å². The van der Waals surface area contributed by atoms with Gasteiger partial charge in [-0.25, -0.2) is 8.78 Å². The second-order valence-electron chi connectivity index (χ2n) is 4.35. The lowest BCUT2D eigenvalue weighted by molar-refractivity contribution is 0.0993. The van der Waals surface area contributed by atoms with Gasteiger partial charge in [0.2, 0.25) is 0 Å². The van der Waals surface area contributed by atoms with E-state index in [0.717, 1.165) is 12.1 Å². The Morgan fingerprint density at radius 2 is 1.86 bits per heavy atom. The van der Waals surface area contributed by atoms with E-state index in [1.54, 1.807) is 24.3 Å². The monoisotopic (exact) mass is 287 g/mol. The average Bonchev–Trinajstić information content (AvgIpc) is 2.49. The van der Waals surface area contributed by atoms with Gasteiger partial charge in [0, 0.05) is 18.8 Å². The molecule has 0 aliphatic carbocycles. The largest absolute Gasteiger partial charge is 0.398 e. The van der Waals surface area contributed by atoms with Gasteiger partial charge in [0.25, 0.3) is 5.91 Å². The van der Waals surface area contributed by atoms with Crippen LogP contribution in [0.5, 0.6) is 0 Å². The number of carbonyl (C=O) groups excluding carboxylic acids is 1. The molecule has 2 aromatic rings. The van der Waals surface area contributed by atoms with Gasteiger partial charge in [0.15, 0.2) is 11.6 Å². The third kappa shape index (κ3) is 2.67. The maximum atomic E-state index is 13.3. The van der Waals surface area contributed by atoms with Crippen LogP contribution in [-0.4, -0.2) is 13.0 Å². The number of hydrogen-bond acceptors (Lipinski definition) is 3. The first kappa shape index (κ1) is 14.5. The van der Waals surface area contributed by atoms with E-state index in [9.17, 15) is 13.6 Å². The van der Waals surface area contributed by atoms with Gasteiger partial charge >= 0.3 is 0 Å². The number of nitrogens with two attached hydrogens (primary N) is 1. The van der Waals surface area contributed by atoms with E-state index in [4.69, 9.17) is 11.0 Å². The molecule has 0 aromatic heterocycles. The Bertz CT molecular complexity index is 753. The normalized spacial score (nSPS) is 10.0. The number of amides is 1. The highest BCUT2D eigenvalue weighted by atomic mass is 19.2. The number of carbonyl (C=O) groups is 1. The Kier molecular flexibility index (Phi) is 3.85. The van der Waals surface area contributed by atoms with E-state index in [-0.39, 0.29) is 16.8 Å². The molecule has 0 fully saturated rings. The summed E-state index contributed by atoms with van der Waals surface area (Å²) in [5, 5.41) is 9.03. The number of hydrogen-bond donors (Lipinski definition) is 1. The van der Waals surface area contributed by atoms with Gasteiger partial charge in [0.1, 0.15) is 6.07 Å². The van der Waals surface area contributed by atoms with E-state index in [2.05, 4.69) is 0 Å². The average molecular weight is 287 g/mol. The highest BCUT2D eigenvalue weighted by molar-refractivity contribution is 6.09. The summed E-state index contributed by atoms with van der Waals surface area (Å²) in [5.41, 5.74) is 5.87. The van der Waals surface area contributed by atoms with E-state index < -0.39 is 17.5 Å². The molecule has 0 heterocycles. The SMILES string of the molecule is CN(C(=O)c1cc(F)c(F)cc1N)c1ccccc1C#N. The summed E-state index contributed by atoms with van der Waals surface area (Å²) in [6, 6.07) is 9.91. The van der Waals surface area contributed by atoms with Crippen molar-refractivity contribution in [2.24, 2.45) is 0 Å². The molecule has 0 saturated carbocycles. The molecule has 21 heavy (non-hydrogen) atoms. The van der Waals surface area contributed by atoms with Crippen molar-refractivity contribution in [2.45, 2.75) is 0 Å². The summed E-state index contributed by atoms with van der Waals surface area (Å²) >= 11 is 0. The molecule has 2 N–H and O–H groups in total. The minimum Gasteiger partial charge on any atom is -0.398 e. The Labute approximate surface area is 120 Å². The molecule has 0 atom stereocenters. The summed E-state index contributed by atoms with van der Waals surface area (Å²) < 4.78 is 26.3. The van der Waals surface area contributed by atoms with Crippen LogP contribution in [0.2, 0.25) is 0 Å². The zero-order valence-corrected chi connectivity index (χ0v) is 11.1. The predicted molar refractivity (Wildman–Crippen MR) is 74.7 cm³/mol. The fourth-order valence-electron chi connectivity index (χ4n) is 1.90. The van der Waals surface area contributed by atoms with Crippen LogP contribution in [0.3, 0.4) is 0 Å². The molecule has 0 unspecified atom stereocenters. The van der Waals surface area contributed by atoms with Crippen LogP contribution >= 0.6 is 0 Å². The van der Waals surface area contributed by atoms with Gasteiger partial charge in [0.05, 0.1) is 16.8 Å². The Balaban J connectivity index is 2.45. The van der Waals surface area contributed by atoms with Crippen molar-refractivity contribution in [3.63, 3.8) is 0 Å². The number of para-hydroxylation sites is 1. The van der Waals surface area contributed by atoms with E-state index in [0.29, 0.717) is 5.69 Å². The van der Waals surface area contributed by atoms with Gasteiger partial charge in [-0.2, -0.15) is 5.26 Å². The topological polar surface area (TPSA) is 70.1 Å². The highest BCUT2D eigenvalue weighted by Gasteiger charge is 2.20. The molecule has 4 nitrogen and oxygen atoms in total. The molecule has 6 heteroatoms. The molecular weight excluding hydrogens is 276 g/mol. The number of nitriles is 1. The molecular formula is C15H11F2N3O. The van der Waals surface area contributed by atoms with Crippen molar-refractivity contribution in [3.8, 4) is 6.07 Å². The third-order valence-corrected chi connectivity index (χ3v) is 3.01. The number of rotatable bonds is 2. The molecule has 0 radical (unpaired) electrons. The minimum absolute atomic E-state index is 0.163. The summed E-state index contributed by atoms with van der Waals surface area (Å²) in [6.07, 6.45) is 0. The zero-order chi connectivity index (χ0) is 15.6. The van der Waals surface area contributed by atoms with Crippen molar-refractivity contribution in [1.29, 1.82) is 5.26 Å². The fourth-order valence-corrected chi connectivity index (χ4v) is 1.90. The van der Waals surface area contributed by atoms with Crippen LogP contribution in [-0.2, 0) is 0 Å². The summed E-state index contributed by atoms with van der Waals surface area (Å²) in [7, 11) is 1.43. The molecule has 2 aromatic carbocycles. The second kappa shape index (κ2) is 5.59. The maximum Gasteiger partial charge on any atom is 0.260 e. The van der Waals surface area contributed by atoms with Crippen molar-refractivity contribution in [2.75, 3.05) is 17.7 Å². The number of anilines is 2. The lowest BCUT2D eigenvalue weighted by Gasteiger charge is -2.19. The smallest absolute Gasteiger partial charge is 0.260 e. The van der Waals surface area contributed by atoms with Crippen LogP contribution in [0.25, 0.3) is 0 Å². The second-order valence-corrected chi connectivity index (χ2v) is 4.35. The first-order chi connectivity index (χ1) is 9.95. The lowest BCUT2D eigenvalue weighted by Crippen LogP contribution is -2.28. The Hall–Kier alpha value is -2.94. The number of nitrogen functional groups attached to an aromatic ring is 1. The lowest BCUT2D eigenvalue weighted by atomic mass is 10.1. The molecule has 106 valence electrons. The molecule has 2 rings (SSSR count). The predicted octanol–water partition coefficient (Wildman–Crippen LogP) is 2.70. The zero-order valence-electron chi connectivity index (χ0n) is 11.1. The quantitative estimate of drug-likeness (QED) is 0.863. The molecule has 0 bridgehead atoms. The maximum absolute atomic E-state index is 13.3.